The predicted octanol–water partition coefficient (Wildman–Crippen LogP) is 5.31. The highest BCUT2D eigenvalue weighted by Crippen LogP contribution is 2.43. The third kappa shape index (κ3) is 5.31. The molecule has 2 N–H and O–H groups in total. The molecule has 11 heteroatoms. The number of hydrogen-bond donors (Lipinski definition) is 2. The van der Waals surface area contributed by atoms with E-state index < -0.39 is 11.7 Å². The molecule has 8 rings (SSSR count). The number of carbonyl (C=O) groups excluding carboxylic acids is 2. The number of rotatable bonds is 6. The van der Waals surface area contributed by atoms with E-state index in [1.807, 2.05) is 30.3 Å². The summed E-state index contributed by atoms with van der Waals surface area (Å²) in [6, 6.07) is 17.8. The number of amides is 2. The summed E-state index contributed by atoms with van der Waals surface area (Å²) in [4.78, 5) is 42.6. The van der Waals surface area contributed by atoms with Gasteiger partial charge in [0.2, 0.25) is 0 Å². The summed E-state index contributed by atoms with van der Waals surface area (Å²) in [5.74, 6) is 0.0129. The van der Waals surface area contributed by atoms with Crippen molar-refractivity contribution in [1.82, 2.24) is 19.9 Å². The number of ether oxygens (including phenoxy) is 2. The third-order valence-corrected chi connectivity index (χ3v) is 9.14. The molecule has 0 radical (unpaired) electrons. The summed E-state index contributed by atoms with van der Waals surface area (Å²) in [7, 11) is 0. The van der Waals surface area contributed by atoms with Crippen molar-refractivity contribution in [2.45, 2.75) is 25.4 Å². The molecule has 10 nitrogen and oxygen atoms in total. The zero-order chi connectivity index (χ0) is 32.1. The highest BCUT2D eigenvalue weighted by Gasteiger charge is 2.33. The first-order valence-electron chi connectivity index (χ1n) is 15.8. The molecule has 3 aliphatic rings. The first-order chi connectivity index (χ1) is 23.0. The van der Waals surface area contributed by atoms with Gasteiger partial charge in [-0.05, 0) is 66.3 Å². The van der Waals surface area contributed by atoms with Crippen molar-refractivity contribution in [3.05, 3.63) is 94.9 Å². The molecule has 2 amide bonds. The van der Waals surface area contributed by atoms with Crippen LogP contribution in [0.5, 0.6) is 5.75 Å². The number of carbonyl (C=O) groups is 2. The number of aromatic nitrogens is 3. The molecule has 5 aromatic rings. The molecule has 2 fully saturated rings. The number of hydrogen-bond acceptors (Lipinski definition) is 7. The number of nitrogens with zero attached hydrogens (tertiary/aromatic N) is 4. The molecule has 2 aromatic heterocycles. The smallest absolute Gasteiger partial charge is 0.265 e. The molecule has 1 saturated carbocycles. The lowest BCUT2D eigenvalue weighted by Gasteiger charge is -2.26. The van der Waals surface area contributed by atoms with Crippen LogP contribution in [0.4, 0.5) is 10.1 Å². The van der Waals surface area contributed by atoms with Crippen molar-refractivity contribution in [3.8, 4) is 28.3 Å². The Hall–Kier alpha value is -5.13. The van der Waals surface area contributed by atoms with E-state index >= 15 is 4.39 Å². The number of aliphatic hydroxyl groups excluding tert-OH is 1. The number of pyridine rings is 1. The van der Waals surface area contributed by atoms with Crippen molar-refractivity contribution in [2.24, 2.45) is 0 Å². The van der Waals surface area contributed by atoms with Gasteiger partial charge >= 0.3 is 0 Å². The molecule has 0 unspecified atom stereocenters. The Morgan fingerprint density at radius 2 is 1.81 bits per heavy atom. The number of anilines is 1. The molecule has 2 aliphatic heterocycles. The van der Waals surface area contributed by atoms with Crippen LogP contribution in [-0.2, 0) is 11.3 Å². The van der Waals surface area contributed by atoms with Gasteiger partial charge in [0.1, 0.15) is 29.6 Å². The van der Waals surface area contributed by atoms with Crippen molar-refractivity contribution >= 4 is 28.7 Å². The molecule has 3 aromatic carbocycles. The van der Waals surface area contributed by atoms with Gasteiger partial charge < -0.3 is 29.4 Å². The Balaban J connectivity index is 1.13. The molecule has 47 heavy (non-hydrogen) atoms. The fourth-order valence-electron chi connectivity index (χ4n) is 6.53. The Kier molecular flexibility index (Phi) is 7.42. The van der Waals surface area contributed by atoms with Crippen LogP contribution < -0.4 is 9.64 Å². The number of halogens is 1. The van der Waals surface area contributed by atoms with Crippen LogP contribution in [0.1, 0.15) is 50.6 Å². The predicted molar refractivity (Wildman–Crippen MR) is 173 cm³/mol. The van der Waals surface area contributed by atoms with E-state index in [4.69, 9.17) is 14.5 Å². The normalized spacial score (nSPS) is 16.6. The average Bonchev–Trinajstić information content (AvgIpc) is 3.89. The maximum atomic E-state index is 15.4. The Morgan fingerprint density at radius 1 is 1.00 bits per heavy atom. The summed E-state index contributed by atoms with van der Waals surface area (Å²) in [5, 5.41) is 10.7. The number of benzene rings is 3. The Bertz CT molecular complexity index is 2020. The van der Waals surface area contributed by atoms with Gasteiger partial charge in [-0.15, -0.1) is 0 Å². The topological polar surface area (TPSA) is 121 Å². The number of aromatic amines is 1. The number of nitrogens with one attached hydrogen (secondary N) is 1. The van der Waals surface area contributed by atoms with Crippen LogP contribution >= 0.6 is 0 Å². The lowest BCUT2D eigenvalue weighted by atomic mass is 9.97. The van der Waals surface area contributed by atoms with Gasteiger partial charge in [-0.1, -0.05) is 24.3 Å². The van der Waals surface area contributed by atoms with E-state index in [1.54, 1.807) is 35.4 Å². The quantitative estimate of drug-likeness (QED) is 0.260. The number of fused-ring (bicyclic) bond motifs is 2. The van der Waals surface area contributed by atoms with Crippen LogP contribution in [-0.4, -0.2) is 76.2 Å². The second kappa shape index (κ2) is 11.9. The highest BCUT2D eigenvalue weighted by molar-refractivity contribution is 6.09. The summed E-state index contributed by atoms with van der Waals surface area (Å²) < 4.78 is 26.7. The molecule has 4 heterocycles. The summed E-state index contributed by atoms with van der Waals surface area (Å²) in [6.45, 7) is 2.22. The van der Waals surface area contributed by atoms with Crippen LogP contribution in [0.2, 0.25) is 0 Å². The van der Waals surface area contributed by atoms with E-state index in [9.17, 15) is 14.7 Å². The van der Waals surface area contributed by atoms with Crippen LogP contribution in [0.15, 0.2) is 66.9 Å². The highest BCUT2D eigenvalue weighted by atomic mass is 19.1. The van der Waals surface area contributed by atoms with E-state index in [-0.39, 0.29) is 37.0 Å². The van der Waals surface area contributed by atoms with Crippen LogP contribution in [0.3, 0.4) is 0 Å². The van der Waals surface area contributed by atoms with Gasteiger partial charge in [-0.2, -0.15) is 0 Å². The van der Waals surface area contributed by atoms with Gasteiger partial charge in [0, 0.05) is 41.5 Å². The first kappa shape index (κ1) is 29.3. The largest absolute Gasteiger partial charge is 0.491 e. The monoisotopic (exact) mass is 633 g/mol. The third-order valence-electron chi connectivity index (χ3n) is 9.14. The molecular weight excluding hydrogens is 601 g/mol. The second-order valence-corrected chi connectivity index (χ2v) is 12.0. The SMILES string of the molecule is O=C(c1ccc(-c2nc3nccc(-c4cccc(N5CCOc6cc(C7CC7)cc(F)c6C5=O)c4CO)c3[nH]2)cc1)N1CCOCC1. The lowest BCUT2D eigenvalue weighted by molar-refractivity contribution is 0.0303. The molecule has 1 saturated heterocycles. The van der Waals surface area contributed by atoms with Crippen molar-refractivity contribution in [2.75, 3.05) is 44.4 Å². The van der Waals surface area contributed by atoms with Gasteiger partial charge in [0.15, 0.2) is 5.65 Å². The average molecular weight is 634 g/mol. The molecule has 0 atom stereocenters. The molecular formula is C36H32FN5O5. The fraction of sp³-hybridized carbons (Fsp3) is 0.278. The summed E-state index contributed by atoms with van der Waals surface area (Å²) >= 11 is 0. The molecule has 238 valence electrons. The first-order valence-corrected chi connectivity index (χ1v) is 15.8. The van der Waals surface area contributed by atoms with Crippen molar-refractivity contribution in [3.63, 3.8) is 0 Å². The van der Waals surface area contributed by atoms with Crippen LogP contribution in [0, 0.1) is 5.82 Å². The minimum absolute atomic E-state index is 0.0338. The molecule has 0 spiro atoms. The standard InChI is InChI=1S/C36H32FN5O5/c37-28-18-24(21-4-5-21)19-30-31(28)36(45)42(14-17-47-30)29-3-1-2-25(27(29)20-43)26-10-11-38-34-32(26)39-33(40-34)22-6-8-23(9-7-22)35(44)41-12-15-46-16-13-41/h1-3,6-11,18-19,21,43H,4-5,12-17,20H2,(H,38,39,40). The van der Waals surface area contributed by atoms with E-state index in [0.717, 1.165) is 29.5 Å². The summed E-state index contributed by atoms with van der Waals surface area (Å²) in [6.07, 6.45) is 3.66. The van der Waals surface area contributed by atoms with Gasteiger partial charge in [-0.25, -0.2) is 14.4 Å². The van der Waals surface area contributed by atoms with Gasteiger partial charge in [0.05, 0.1) is 37.6 Å². The second-order valence-electron chi connectivity index (χ2n) is 12.0. The van der Waals surface area contributed by atoms with Gasteiger partial charge in [-0.3, -0.25) is 9.59 Å². The van der Waals surface area contributed by atoms with Crippen LogP contribution in [0.25, 0.3) is 33.7 Å². The Labute approximate surface area is 269 Å². The molecule has 1 aliphatic carbocycles. The maximum absolute atomic E-state index is 15.4. The zero-order valence-electron chi connectivity index (χ0n) is 25.5. The molecule has 0 bridgehead atoms. The van der Waals surface area contributed by atoms with Gasteiger partial charge in [0.25, 0.3) is 11.8 Å². The van der Waals surface area contributed by atoms with Crippen molar-refractivity contribution < 1.29 is 28.6 Å². The summed E-state index contributed by atoms with van der Waals surface area (Å²) in [5.41, 5.74) is 5.66. The number of morpholine rings is 1. The van der Waals surface area contributed by atoms with E-state index in [1.165, 1.54) is 11.0 Å². The zero-order valence-corrected chi connectivity index (χ0v) is 25.5. The minimum Gasteiger partial charge on any atom is -0.491 e. The minimum atomic E-state index is -0.595. The fourth-order valence-corrected chi connectivity index (χ4v) is 6.53. The van der Waals surface area contributed by atoms with E-state index in [0.29, 0.717) is 71.6 Å². The van der Waals surface area contributed by atoms with E-state index in [2.05, 4.69) is 9.97 Å². The number of aliphatic hydroxyl groups is 1. The Morgan fingerprint density at radius 3 is 2.57 bits per heavy atom. The van der Waals surface area contributed by atoms with Crippen molar-refractivity contribution in [1.29, 1.82) is 0 Å². The maximum Gasteiger partial charge on any atom is 0.265 e. The lowest BCUT2D eigenvalue weighted by Crippen LogP contribution is -2.40. The number of imidazole rings is 1. The number of H-pyrrole nitrogens is 1.